The van der Waals surface area contributed by atoms with Crippen LogP contribution in [0.2, 0.25) is 0 Å². The summed E-state index contributed by atoms with van der Waals surface area (Å²) in [5.74, 6) is -0.411. The predicted molar refractivity (Wildman–Crippen MR) is 136 cm³/mol. The van der Waals surface area contributed by atoms with E-state index in [1.54, 1.807) is 0 Å². The lowest BCUT2D eigenvalue weighted by molar-refractivity contribution is -0.120. The van der Waals surface area contributed by atoms with Gasteiger partial charge in [-0.2, -0.15) is 0 Å². The molecule has 3 aromatic carbocycles. The van der Waals surface area contributed by atoms with Gasteiger partial charge < -0.3 is 14.8 Å². The molecule has 0 bridgehead atoms. The zero-order valence-corrected chi connectivity index (χ0v) is 21.3. The number of hydrogen-bond acceptors (Lipinski definition) is 5. The van der Waals surface area contributed by atoms with E-state index >= 15 is 0 Å². The lowest BCUT2D eigenvalue weighted by Crippen LogP contribution is -2.41. The Hall–Kier alpha value is -3.59. The number of sulfonamides is 1. The highest BCUT2D eigenvalue weighted by atomic mass is 32.2. The average molecular weight is 513 g/mol. The van der Waals surface area contributed by atoms with Gasteiger partial charge in [0.05, 0.1) is 30.8 Å². The number of fused-ring (bicyclic) bond motifs is 1. The number of hydrogen-bond donors (Lipinski definition) is 1. The summed E-state index contributed by atoms with van der Waals surface area (Å²) in [4.78, 5) is 13.0. The number of carbonyl (C=O) groups excluding carboxylic acids is 1. The molecule has 0 fully saturated rings. The van der Waals surface area contributed by atoms with Crippen molar-refractivity contribution in [1.82, 2.24) is 5.32 Å². The SMILES string of the molecule is COc1ccc(S(=O)(=O)N(CC(=O)N[C@@H](C)c2ccc3c(c2)CCC3)c2ccc(F)cc2)cc1OC. The van der Waals surface area contributed by atoms with Crippen LogP contribution in [0.15, 0.2) is 65.6 Å². The first-order valence-corrected chi connectivity index (χ1v) is 13.1. The van der Waals surface area contributed by atoms with Gasteiger partial charge in [-0.05, 0) is 79.3 Å². The Morgan fingerprint density at radius 3 is 2.36 bits per heavy atom. The van der Waals surface area contributed by atoms with Gasteiger partial charge in [0, 0.05) is 6.07 Å². The Balaban J connectivity index is 1.61. The lowest BCUT2D eigenvalue weighted by Gasteiger charge is -2.25. The zero-order valence-electron chi connectivity index (χ0n) is 20.5. The highest BCUT2D eigenvalue weighted by Crippen LogP contribution is 2.32. The quantitative estimate of drug-likeness (QED) is 0.459. The summed E-state index contributed by atoms with van der Waals surface area (Å²) in [6, 6.07) is 15.0. The minimum absolute atomic E-state index is 0.0936. The van der Waals surface area contributed by atoms with Crippen molar-refractivity contribution < 1.29 is 27.1 Å². The monoisotopic (exact) mass is 512 g/mol. The minimum Gasteiger partial charge on any atom is -0.493 e. The maximum Gasteiger partial charge on any atom is 0.264 e. The predicted octanol–water partition coefficient (Wildman–Crippen LogP) is 4.40. The highest BCUT2D eigenvalue weighted by molar-refractivity contribution is 7.92. The topological polar surface area (TPSA) is 84.9 Å². The van der Waals surface area contributed by atoms with E-state index in [4.69, 9.17) is 9.47 Å². The third-order valence-corrected chi connectivity index (χ3v) is 8.11. The van der Waals surface area contributed by atoms with Crippen molar-refractivity contribution in [2.75, 3.05) is 25.1 Å². The number of nitrogens with one attached hydrogen (secondary N) is 1. The first-order chi connectivity index (χ1) is 17.2. The first kappa shape index (κ1) is 25.5. The van der Waals surface area contributed by atoms with Crippen LogP contribution in [0.3, 0.4) is 0 Å². The summed E-state index contributed by atoms with van der Waals surface area (Å²) in [5.41, 5.74) is 3.74. The number of anilines is 1. The second-order valence-electron chi connectivity index (χ2n) is 8.68. The van der Waals surface area contributed by atoms with Gasteiger partial charge >= 0.3 is 0 Å². The van der Waals surface area contributed by atoms with Crippen molar-refractivity contribution in [3.8, 4) is 11.5 Å². The van der Waals surface area contributed by atoms with Crippen LogP contribution in [-0.4, -0.2) is 35.1 Å². The molecule has 1 amide bonds. The molecule has 1 N–H and O–H groups in total. The van der Waals surface area contributed by atoms with E-state index in [0.29, 0.717) is 5.75 Å². The molecule has 3 aromatic rings. The summed E-state index contributed by atoms with van der Waals surface area (Å²) >= 11 is 0. The van der Waals surface area contributed by atoms with Crippen molar-refractivity contribution in [3.63, 3.8) is 0 Å². The Bertz CT molecular complexity index is 1360. The fourth-order valence-corrected chi connectivity index (χ4v) is 5.83. The van der Waals surface area contributed by atoms with Gasteiger partial charge in [0.25, 0.3) is 10.0 Å². The Kier molecular flexibility index (Phi) is 7.49. The summed E-state index contributed by atoms with van der Waals surface area (Å²) < 4.78 is 52.3. The standard InChI is InChI=1S/C27H29FN2O5S/c1-18(20-8-7-19-5-4-6-21(19)15-20)29-27(31)17-30(23-11-9-22(28)10-12-23)36(32,33)24-13-14-25(34-2)26(16-24)35-3/h7-16,18H,4-6,17H2,1-3H3,(H,29,31)/t18-/m0/s1. The van der Waals surface area contributed by atoms with Gasteiger partial charge in [0.15, 0.2) is 11.5 Å². The van der Waals surface area contributed by atoms with E-state index < -0.39 is 28.3 Å². The Morgan fingerprint density at radius 1 is 0.972 bits per heavy atom. The number of rotatable bonds is 9. The number of methoxy groups -OCH3 is 2. The van der Waals surface area contributed by atoms with E-state index in [1.807, 2.05) is 13.0 Å². The molecule has 0 saturated heterocycles. The van der Waals surface area contributed by atoms with Crippen LogP contribution < -0.4 is 19.1 Å². The fourth-order valence-electron chi connectivity index (χ4n) is 4.39. The summed E-state index contributed by atoms with van der Waals surface area (Å²) in [5, 5.41) is 2.90. The molecule has 0 saturated carbocycles. The summed E-state index contributed by atoms with van der Waals surface area (Å²) in [6.45, 7) is 1.37. The molecule has 1 aliphatic rings. The van der Waals surface area contributed by atoms with Gasteiger partial charge in [0.1, 0.15) is 12.4 Å². The molecular formula is C27H29FN2O5S. The number of amides is 1. The molecular weight excluding hydrogens is 483 g/mol. The molecule has 0 radical (unpaired) electrons. The first-order valence-electron chi connectivity index (χ1n) is 11.6. The number of carbonyl (C=O) groups is 1. The molecule has 1 atom stereocenters. The largest absolute Gasteiger partial charge is 0.493 e. The van der Waals surface area contributed by atoms with Crippen molar-refractivity contribution in [3.05, 3.63) is 83.2 Å². The molecule has 7 nitrogen and oxygen atoms in total. The number of nitrogens with zero attached hydrogens (tertiary/aromatic N) is 1. The molecule has 0 unspecified atom stereocenters. The molecule has 0 spiro atoms. The van der Waals surface area contributed by atoms with Crippen molar-refractivity contribution >= 4 is 21.6 Å². The number of aryl methyl sites for hydroxylation is 2. The van der Waals surface area contributed by atoms with Crippen LogP contribution in [0.25, 0.3) is 0 Å². The summed E-state index contributed by atoms with van der Waals surface area (Å²) in [6.07, 6.45) is 3.21. The van der Waals surface area contributed by atoms with Crippen LogP contribution in [0.5, 0.6) is 11.5 Å². The van der Waals surface area contributed by atoms with Crippen LogP contribution in [0.1, 0.15) is 36.1 Å². The van der Waals surface area contributed by atoms with Gasteiger partial charge in [-0.3, -0.25) is 9.10 Å². The van der Waals surface area contributed by atoms with E-state index in [9.17, 15) is 17.6 Å². The van der Waals surface area contributed by atoms with E-state index in [2.05, 4.69) is 17.4 Å². The smallest absolute Gasteiger partial charge is 0.264 e. The molecule has 0 aromatic heterocycles. The van der Waals surface area contributed by atoms with Gasteiger partial charge in [0.2, 0.25) is 5.91 Å². The van der Waals surface area contributed by atoms with Crippen LogP contribution in [-0.2, 0) is 27.7 Å². The van der Waals surface area contributed by atoms with E-state index in [0.717, 1.165) is 41.3 Å². The van der Waals surface area contributed by atoms with E-state index in [-0.39, 0.29) is 22.4 Å². The van der Waals surface area contributed by atoms with E-state index in [1.165, 1.54) is 55.7 Å². The van der Waals surface area contributed by atoms with Crippen molar-refractivity contribution in [2.24, 2.45) is 0 Å². The minimum atomic E-state index is -4.21. The molecule has 36 heavy (non-hydrogen) atoms. The van der Waals surface area contributed by atoms with Crippen LogP contribution in [0, 0.1) is 5.82 Å². The molecule has 0 aliphatic heterocycles. The molecule has 0 heterocycles. The lowest BCUT2D eigenvalue weighted by atomic mass is 10.0. The van der Waals surface area contributed by atoms with Gasteiger partial charge in [-0.15, -0.1) is 0 Å². The maximum atomic E-state index is 13.7. The fraction of sp³-hybridized carbons (Fsp3) is 0.296. The Labute approximate surface area is 210 Å². The zero-order chi connectivity index (χ0) is 25.9. The van der Waals surface area contributed by atoms with Gasteiger partial charge in [-0.25, -0.2) is 12.8 Å². The highest BCUT2D eigenvalue weighted by Gasteiger charge is 2.29. The maximum absolute atomic E-state index is 13.7. The Morgan fingerprint density at radius 2 is 1.67 bits per heavy atom. The second kappa shape index (κ2) is 10.6. The average Bonchev–Trinajstić information content (AvgIpc) is 3.35. The molecule has 4 rings (SSSR count). The molecule has 190 valence electrons. The number of ether oxygens (including phenoxy) is 2. The number of halogens is 1. The normalized spacial score (nSPS) is 13.6. The second-order valence-corrected chi connectivity index (χ2v) is 10.5. The van der Waals surface area contributed by atoms with Crippen LogP contribution in [0.4, 0.5) is 10.1 Å². The van der Waals surface area contributed by atoms with Crippen molar-refractivity contribution in [2.45, 2.75) is 37.1 Å². The molecule has 1 aliphatic carbocycles. The third kappa shape index (κ3) is 5.31. The molecule has 9 heteroatoms. The number of benzene rings is 3. The van der Waals surface area contributed by atoms with Gasteiger partial charge in [-0.1, -0.05) is 18.2 Å². The van der Waals surface area contributed by atoms with Crippen LogP contribution >= 0.6 is 0 Å². The van der Waals surface area contributed by atoms with Crippen molar-refractivity contribution in [1.29, 1.82) is 0 Å². The summed E-state index contributed by atoms with van der Waals surface area (Å²) in [7, 11) is -1.36. The third-order valence-electron chi connectivity index (χ3n) is 6.34.